The highest BCUT2D eigenvalue weighted by Crippen LogP contribution is 2.38. The van der Waals surface area contributed by atoms with E-state index >= 15 is 0 Å². The van der Waals surface area contributed by atoms with Gasteiger partial charge in [-0.3, -0.25) is 9.69 Å². The highest BCUT2D eigenvalue weighted by atomic mass is 32.1. The van der Waals surface area contributed by atoms with Gasteiger partial charge in [0.1, 0.15) is 4.88 Å². The zero-order valence-corrected chi connectivity index (χ0v) is 10.5. The van der Waals surface area contributed by atoms with Crippen LogP contribution in [0.2, 0.25) is 0 Å². The first-order chi connectivity index (χ1) is 8.71. The molecule has 0 spiro atoms. The minimum Gasteiger partial charge on any atom is -0.477 e. The number of alkyl halides is 3. The third-order valence-corrected chi connectivity index (χ3v) is 3.70. The van der Waals surface area contributed by atoms with Gasteiger partial charge in [-0.25, -0.2) is 9.78 Å². The number of halogens is 3. The van der Waals surface area contributed by atoms with Crippen molar-refractivity contribution in [2.24, 2.45) is 0 Å². The van der Waals surface area contributed by atoms with Crippen molar-refractivity contribution in [3.8, 4) is 0 Å². The van der Waals surface area contributed by atoms with Crippen molar-refractivity contribution in [1.29, 1.82) is 0 Å². The van der Waals surface area contributed by atoms with Crippen LogP contribution < -0.4 is 4.90 Å². The van der Waals surface area contributed by atoms with Gasteiger partial charge in [0.15, 0.2) is 5.13 Å². The van der Waals surface area contributed by atoms with Crippen LogP contribution in [0.4, 0.5) is 18.3 Å². The fraction of sp³-hybridized carbons (Fsp3) is 0.500. The largest absolute Gasteiger partial charge is 0.477 e. The average molecular weight is 294 g/mol. The molecule has 1 aromatic rings. The number of carbonyl (C=O) groups excluding carboxylic acids is 1. The molecular weight excluding hydrogens is 285 g/mol. The molecule has 0 unspecified atom stereocenters. The van der Waals surface area contributed by atoms with Gasteiger partial charge in [-0.2, -0.15) is 13.2 Å². The highest BCUT2D eigenvalue weighted by Gasteiger charge is 2.49. The first-order valence-corrected chi connectivity index (χ1v) is 6.14. The van der Waals surface area contributed by atoms with Gasteiger partial charge in [-0.15, -0.1) is 0 Å². The van der Waals surface area contributed by atoms with Gasteiger partial charge in [0, 0.05) is 6.04 Å². The topological polar surface area (TPSA) is 70.5 Å². The maximum atomic E-state index is 12.5. The molecule has 1 saturated carbocycles. The van der Waals surface area contributed by atoms with E-state index in [0.29, 0.717) is 29.1 Å². The molecular formula is C10H9F3N2O3S. The van der Waals surface area contributed by atoms with Crippen molar-refractivity contribution in [2.45, 2.75) is 32.0 Å². The predicted molar refractivity (Wildman–Crippen MR) is 60.4 cm³/mol. The molecule has 1 heterocycles. The minimum atomic E-state index is -4.99. The Morgan fingerprint density at radius 2 is 2.00 bits per heavy atom. The fourth-order valence-corrected chi connectivity index (χ4v) is 2.54. The number of aromatic carboxylic acids is 1. The summed E-state index contributed by atoms with van der Waals surface area (Å²) in [5.74, 6) is -3.27. The molecule has 1 aromatic heterocycles. The summed E-state index contributed by atoms with van der Waals surface area (Å²) in [6, 6.07) is -0.540. The Morgan fingerprint density at radius 3 is 2.37 bits per heavy atom. The number of hydrogen-bond acceptors (Lipinski definition) is 4. The molecule has 1 aliphatic carbocycles. The summed E-state index contributed by atoms with van der Waals surface area (Å²) in [6.07, 6.45) is -4.07. The summed E-state index contributed by atoms with van der Waals surface area (Å²) in [4.78, 5) is 26.4. The van der Waals surface area contributed by atoms with Gasteiger partial charge in [-0.05, 0) is 19.8 Å². The quantitative estimate of drug-likeness (QED) is 0.927. The molecule has 5 nitrogen and oxygen atoms in total. The smallest absolute Gasteiger partial charge is 0.471 e. The Bertz CT molecular complexity index is 537. The molecule has 0 aromatic carbocycles. The van der Waals surface area contributed by atoms with Crippen LogP contribution in [0.3, 0.4) is 0 Å². The van der Waals surface area contributed by atoms with E-state index in [1.807, 2.05) is 0 Å². The first kappa shape index (κ1) is 13.8. The minimum absolute atomic E-state index is 0.105. The van der Waals surface area contributed by atoms with Gasteiger partial charge >= 0.3 is 18.1 Å². The molecule has 1 fully saturated rings. The third kappa shape index (κ3) is 2.70. The number of rotatable bonds is 3. The lowest BCUT2D eigenvalue weighted by atomic mass is 10.4. The Hall–Kier alpha value is -1.64. The zero-order valence-electron chi connectivity index (χ0n) is 9.69. The lowest BCUT2D eigenvalue weighted by Crippen LogP contribution is -2.42. The van der Waals surface area contributed by atoms with E-state index in [4.69, 9.17) is 5.11 Å². The molecule has 0 atom stereocenters. The maximum absolute atomic E-state index is 12.5. The molecule has 0 aliphatic heterocycles. The van der Waals surface area contributed by atoms with Gasteiger partial charge in [-0.1, -0.05) is 11.3 Å². The van der Waals surface area contributed by atoms with Gasteiger partial charge in [0.2, 0.25) is 0 Å². The van der Waals surface area contributed by atoms with Crippen LogP contribution in [-0.4, -0.2) is 34.2 Å². The van der Waals surface area contributed by atoms with Gasteiger partial charge < -0.3 is 5.11 Å². The summed E-state index contributed by atoms with van der Waals surface area (Å²) < 4.78 is 37.5. The molecule has 19 heavy (non-hydrogen) atoms. The van der Waals surface area contributed by atoms with E-state index in [-0.39, 0.29) is 15.7 Å². The van der Waals surface area contributed by atoms with Crippen molar-refractivity contribution in [3.05, 3.63) is 10.6 Å². The van der Waals surface area contributed by atoms with Crippen molar-refractivity contribution < 1.29 is 27.9 Å². The summed E-state index contributed by atoms with van der Waals surface area (Å²) in [5, 5.41) is 8.65. The molecule has 2 rings (SSSR count). The van der Waals surface area contributed by atoms with E-state index in [9.17, 15) is 22.8 Å². The number of aryl methyl sites for hydroxylation is 1. The summed E-state index contributed by atoms with van der Waals surface area (Å²) >= 11 is 0.583. The molecule has 104 valence electrons. The van der Waals surface area contributed by atoms with E-state index in [2.05, 4.69) is 4.98 Å². The number of nitrogens with zero attached hydrogens (tertiary/aromatic N) is 2. The van der Waals surface area contributed by atoms with Crippen LogP contribution in [0.5, 0.6) is 0 Å². The van der Waals surface area contributed by atoms with E-state index < -0.39 is 24.1 Å². The Kier molecular flexibility index (Phi) is 3.25. The van der Waals surface area contributed by atoms with E-state index in [0.717, 1.165) is 0 Å². The summed E-state index contributed by atoms with van der Waals surface area (Å²) in [5.41, 5.74) is 0.105. The van der Waals surface area contributed by atoms with Crippen LogP contribution in [0.25, 0.3) is 0 Å². The molecule has 0 radical (unpaired) electrons. The fourth-order valence-electron chi connectivity index (χ4n) is 1.56. The van der Waals surface area contributed by atoms with Gasteiger partial charge in [0.05, 0.1) is 5.69 Å². The molecule has 0 saturated heterocycles. The normalized spacial score (nSPS) is 15.4. The second-order valence-corrected chi connectivity index (χ2v) is 5.10. The van der Waals surface area contributed by atoms with Crippen LogP contribution in [-0.2, 0) is 4.79 Å². The number of anilines is 1. The Morgan fingerprint density at radius 1 is 1.42 bits per heavy atom. The lowest BCUT2D eigenvalue weighted by Gasteiger charge is -2.20. The van der Waals surface area contributed by atoms with Gasteiger partial charge in [0.25, 0.3) is 0 Å². The third-order valence-electron chi connectivity index (χ3n) is 2.56. The Balaban J connectivity index is 2.38. The second-order valence-electron chi connectivity index (χ2n) is 4.12. The molecule has 1 N–H and O–H groups in total. The Labute approximate surface area is 109 Å². The second kappa shape index (κ2) is 4.48. The monoisotopic (exact) mass is 294 g/mol. The maximum Gasteiger partial charge on any atom is 0.471 e. The number of thiazole rings is 1. The van der Waals surface area contributed by atoms with E-state index in [1.54, 1.807) is 0 Å². The standard InChI is InChI=1S/C10H9F3N2O3S/c1-4-6(7(16)17)19-9(14-4)15(5-2-3-5)8(18)10(11,12)13/h5H,2-3H2,1H3,(H,16,17). The summed E-state index contributed by atoms with van der Waals surface area (Å²) in [7, 11) is 0. The molecule has 9 heteroatoms. The highest BCUT2D eigenvalue weighted by molar-refractivity contribution is 7.17. The number of aromatic nitrogens is 1. The molecule has 0 bridgehead atoms. The van der Waals surface area contributed by atoms with Crippen molar-refractivity contribution in [3.63, 3.8) is 0 Å². The van der Waals surface area contributed by atoms with Crippen molar-refractivity contribution >= 4 is 28.3 Å². The van der Waals surface area contributed by atoms with Crippen molar-refractivity contribution in [2.75, 3.05) is 4.90 Å². The van der Waals surface area contributed by atoms with Crippen LogP contribution in [0.15, 0.2) is 0 Å². The molecule has 1 amide bonds. The van der Waals surface area contributed by atoms with Crippen LogP contribution >= 0.6 is 11.3 Å². The number of amides is 1. The number of carbonyl (C=O) groups is 2. The summed E-state index contributed by atoms with van der Waals surface area (Å²) in [6.45, 7) is 1.38. The van der Waals surface area contributed by atoms with Crippen molar-refractivity contribution in [1.82, 2.24) is 4.98 Å². The number of carboxylic acids is 1. The van der Waals surface area contributed by atoms with Crippen LogP contribution in [0.1, 0.15) is 28.2 Å². The zero-order chi connectivity index (χ0) is 14.4. The predicted octanol–water partition coefficient (Wildman–Crippen LogP) is 2.21. The van der Waals surface area contributed by atoms with E-state index in [1.165, 1.54) is 6.92 Å². The number of carboxylic acid groups (broad SMARTS) is 1. The first-order valence-electron chi connectivity index (χ1n) is 5.33. The SMILES string of the molecule is Cc1nc(N(C(=O)C(F)(F)F)C2CC2)sc1C(=O)O. The molecule has 1 aliphatic rings. The average Bonchev–Trinajstić information content (AvgIpc) is 3.01. The number of hydrogen-bond donors (Lipinski definition) is 1. The lowest BCUT2D eigenvalue weighted by molar-refractivity contribution is -0.170. The van der Waals surface area contributed by atoms with Crippen LogP contribution in [0, 0.1) is 6.92 Å².